The Morgan fingerprint density at radius 3 is 2.94 bits per heavy atom. The third-order valence-electron chi connectivity index (χ3n) is 4.54. The molecule has 0 saturated heterocycles. The monoisotopic (exact) mass is 453 g/mol. The lowest BCUT2D eigenvalue weighted by Gasteiger charge is -2.20. The number of rotatable bonds is 7. The minimum atomic E-state index is -0.870. The van der Waals surface area contributed by atoms with E-state index in [4.69, 9.17) is 9.47 Å². The van der Waals surface area contributed by atoms with Gasteiger partial charge in [0.05, 0.1) is 11.5 Å². The van der Waals surface area contributed by atoms with Gasteiger partial charge in [0.1, 0.15) is 0 Å². The van der Waals surface area contributed by atoms with E-state index < -0.39 is 22.6 Å². The molecule has 0 saturated carbocycles. The van der Waals surface area contributed by atoms with Gasteiger partial charge in [-0.25, -0.2) is 0 Å². The van der Waals surface area contributed by atoms with Crippen molar-refractivity contribution in [3.8, 4) is 28.6 Å². The van der Waals surface area contributed by atoms with Crippen molar-refractivity contribution in [2.75, 3.05) is 17.7 Å². The summed E-state index contributed by atoms with van der Waals surface area (Å²) in [5.41, 5.74) is 1.74. The molecule has 1 atom stereocenters. The third-order valence-corrected chi connectivity index (χ3v) is 5.37. The fourth-order valence-corrected chi connectivity index (χ4v) is 3.68. The number of thioether (sulfide) groups is 1. The SMILES string of the molecule is C=CCSc1nnc2c(n1)O[C@H](c1cc(OCC)c(O)c([N+](=O)[O-])c1)Nc1ccccc1-2. The molecule has 1 aliphatic rings. The standard InChI is InChI=1S/C21H19N5O5S/c1-3-9-32-21-23-20-17(24-25-21)13-7-5-6-8-14(13)22-19(31-20)12-10-15(26(28)29)18(27)16(11-12)30-4-2/h3,5-8,10-11,19,22,27H,1,4,9H2,2H3/t19-/m1/s1. The second kappa shape index (κ2) is 9.10. The number of benzene rings is 2. The largest absolute Gasteiger partial charge is 0.500 e. The maximum atomic E-state index is 11.5. The highest BCUT2D eigenvalue weighted by Crippen LogP contribution is 2.43. The van der Waals surface area contributed by atoms with Crippen LogP contribution >= 0.6 is 11.8 Å². The molecule has 1 aromatic heterocycles. The molecule has 2 N–H and O–H groups in total. The number of nitro benzene ring substituents is 1. The number of nitrogens with one attached hydrogen (secondary N) is 1. The highest BCUT2D eigenvalue weighted by Gasteiger charge is 2.29. The number of nitrogens with zero attached hydrogens (tertiary/aromatic N) is 4. The molecule has 0 bridgehead atoms. The Kier molecular flexibility index (Phi) is 6.08. The number of para-hydroxylation sites is 1. The molecule has 1 aliphatic heterocycles. The van der Waals surface area contributed by atoms with E-state index in [9.17, 15) is 15.2 Å². The summed E-state index contributed by atoms with van der Waals surface area (Å²) < 4.78 is 11.5. The van der Waals surface area contributed by atoms with E-state index in [-0.39, 0.29) is 18.2 Å². The number of aromatic hydroxyl groups is 1. The molecule has 0 amide bonds. The second-order valence-corrected chi connectivity index (χ2v) is 7.60. The summed E-state index contributed by atoms with van der Waals surface area (Å²) in [6.07, 6.45) is 0.857. The highest BCUT2D eigenvalue weighted by atomic mass is 32.2. The van der Waals surface area contributed by atoms with Crippen LogP contribution in [0.5, 0.6) is 17.4 Å². The van der Waals surface area contributed by atoms with Crippen LogP contribution in [0.15, 0.2) is 54.2 Å². The van der Waals surface area contributed by atoms with Crippen LogP contribution in [-0.2, 0) is 0 Å². The van der Waals surface area contributed by atoms with Crippen LogP contribution < -0.4 is 14.8 Å². The van der Waals surface area contributed by atoms with Gasteiger partial charge in [-0.05, 0) is 19.1 Å². The molecule has 3 aromatic rings. The molecule has 10 nitrogen and oxygen atoms in total. The number of hydrogen-bond acceptors (Lipinski definition) is 10. The van der Waals surface area contributed by atoms with Gasteiger partial charge in [0.2, 0.25) is 16.8 Å². The number of aromatic nitrogens is 3. The number of ether oxygens (including phenoxy) is 2. The zero-order valence-electron chi connectivity index (χ0n) is 17.0. The zero-order valence-corrected chi connectivity index (χ0v) is 17.8. The van der Waals surface area contributed by atoms with Crippen molar-refractivity contribution in [1.82, 2.24) is 15.2 Å². The minimum absolute atomic E-state index is 0.0112. The summed E-state index contributed by atoms with van der Waals surface area (Å²) in [5.74, 6) is 0.272. The van der Waals surface area contributed by atoms with Crippen LogP contribution in [0.25, 0.3) is 11.3 Å². The molecule has 164 valence electrons. The van der Waals surface area contributed by atoms with Gasteiger partial charge in [-0.3, -0.25) is 10.1 Å². The second-order valence-electron chi connectivity index (χ2n) is 6.61. The maximum absolute atomic E-state index is 11.5. The van der Waals surface area contributed by atoms with E-state index in [1.165, 1.54) is 23.9 Å². The number of phenols is 1. The predicted octanol–water partition coefficient (Wildman–Crippen LogP) is 4.33. The Bertz CT molecular complexity index is 1190. The lowest BCUT2D eigenvalue weighted by molar-refractivity contribution is -0.386. The summed E-state index contributed by atoms with van der Waals surface area (Å²) in [5, 5.41) is 33.8. The first-order valence-electron chi connectivity index (χ1n) is 9.67. The fourth-order valence-electron chi connectivity index (χ4n) is 3.16. The summed E-state index contributed by atoms with van der Waals surface area (Å²) in [4.78, 5) is 15.3. The molecule has 0 radical (unpaired) electrons. The number of fused-ring (bicyclic) bond motifs is 3. The molecular formula is C21H19N5O5S. The molecule has 0 fully saturated rings. The Hall–Kier alpha value is -3.86. The van der Waals surface area contributed by atoms with E-state index in [1.54, 1.807) is 13.0 Å². The van der Waals surface area contributed by atoms with E-state index in [1.807, 2.05) is 24.3 Å². The average molecular weight is 453 g/mol. The molecule has 0 aliphatic carbocycles. The molecule has 0 spiro atoms. The first-order chi connectivity index (χ1) is 15.5. The summed E-state index contributed by atoms with van der Waals surface area (Å²) in [6.45, 7) is 5.63. The van der Waals surface area contributed by atoms with Crippen molar-refractivity contribution < 1.29 is 19.5 Å². The molecule has 32 heavy (non-hydrogen) atoms. The molecule has 4 rings (SSSR count). The third kappa shape index (κ3) is 4.14. The van der Waals surface area contributed by atoms with Gasteiger partial charge in [0.15, 0.2) is 17.7 Å². The quantitative estimate of drug-likeness (QED) is 0.230. The molecule has 2 aromatic carbocycles. The lowest BCUT2D eigenvalue weighted by atomic mass is 10.1. The van der Waals surface area contributed by atoms with E-state index in [2.05, 4.69) is 27.1 Å². The van der Waals surface area contributed by atoms with Crippen LogP contribution in [0.2, 0.25) is 0 Å². The van der Waals surface area contributed by atoms with E-state index in [0.717, 1.165) is 5.56 Å². The topological polar surface area (TPSA) is 133 Å². The molecular weight excluding hydrogens is 434 g/mol. The van der Waals surface area contributed by atoms with Gasteiger partial charge in [-0.1, -0.05) is 36.0 Å². The number of hydrogen-bond donors (Lipinski definition) is 2. The average Bonchev–Trinajstić information content (AvgIpc) is 2.95. The van der Waals surface area contributed by atoms with E-state index >= 15 is 0 Å². The summed E-state index contributed by atoms with van der Waals surface area (Å²) in [7, 11) is 0. The maximum Gasteiger partial charge on any atom is 0.315 e. The van der Waals surface area contributed by atoms with Crippen LogP contribution in [0.3, 0.4) is 0 Å². The van der Waals surface area contributed by atoms with Crippen molar-refractivity contribution in [2.24, 2.45) is 0 Å². The van der Waals surface area contributed by atoms with Crippen molar-refractivity contribution in [2.45, 2.75) is 18.3 Å². The zero-order chi connectivity index (χ0) is 22.7. The number of anilines is 1. The van der Waals surface area contributed by atoms with Crippen LogP contribution in [0.1, 0.15) is 18.7 Å². The Morgan fingerprint density at radius 1 is 1.38 bits per heavy atom. The summed E-state index contributed by atoms with van der Waals surface area (Å²) >= 11 is 1.35. The predicted molar refractivity (Wildman–Crippen MR) is 119 cm³/mol. The first-order valence-corrected chi connectivity index (χ1v) is 10.7. The minimum Gasteiger partial charge on any atom is -0.500 e. The number of phenolic OH excluding ortho intramolecular Hbond substituents is 1. The van der Waals surface area contributed by atoms with Gasteiger partial charge in [-0.2, -0.15) is 4.98 Å². The van der Waals surface area contributed by atoms with E-state index in [0.29, 0.717) is 27.9 Å². The number of nitro groups is 1. The van der Waals surface area contributed by atoms with Crippen LogP contribution in [-0.4, -0.2) is 37.6 Å². The molecule has 11 heteroatoms. The van der Waals surface area contributed by atoms with Crippen molar-refractivity contribution >= 4 is 23.1 Å². The summed E-state index contributed by atoms with van der Waals surface area (Å²) in [6, 6.07) is 10.1. The van der Waals surface area contributed by atoms with Crippen LogP contribution in [0.4, 0.5) is 11.4 Å². The van der Waals surface area contributed by atoms with Gasteiger partial charge in [-0.15, -0.1) is 16.8 Å². The van der Waals surface area contributed by atoms with Crippen LogP contribution in [0, 0.1) is 10.1 Å². The Morgan fingerprint density at radius 2 is 2.19 bits per heavy atom. The van der Waals surface area contributed by atoms with Crippen molar-refractivity contribution in [3.63, 3.8) is 0 Å². The van der Waals surface area contributed by atoms with Gasteiger partial charge >= 0.3 is 5.69 Å². The Balaban J connectivity index is 1.83. The Labute approximate surface area is 187 Å². The normalized spacial score (nSPS) is 14.2. The van der Waals surface area contributed by atoms with Gasteiger partial charge < -0.3 is 19.9 Å². The lowest BCUT2D eigenvalue weighted by Crippen LogP contribution is -2.17. The van der Waals surface area contributed by atoms with Crippen molar-refractivity contribution in [1.29, 1.82) is 0 Å². The molecule has 2 heterocycles. The first kappa shape index (κ1) is 21.4. The highest BCUT2D eigenvalue weighted by molar-refractivity contribution is 7.99. The molecule has 0 unspecified atom stereocenters. The fraction of sp³-hybridized carbons (Fsp3) is 0.190. The van der Waals surface area contributed by atoms with Gasteiger partial charge in [0.25, 0.3) is 0 Å². The van der Waals surface area contributed by atoms with Crippen molar-refractivity contribution in [3.05, 3.63) is 64.7 Å². The van der Waals surface area contributed by atoms with Gasteiger partial charge in [0, 0.05) is 28.6 Å². The smallest absolute Gasteiger partial charge is 0.315 e.